The van der Waals surface area contributed by atoms with Crippen LogP contribution in [0.15, 0.2) is 35.7 Å². The fourth-order valence-corrected chi connectivity index (χ4v) is 2.01. The Morgan fingerprint density at radius 3 is 2.76 bits per heavy atom. The lowest BCUT2D eigenvalue weighted by atomic mass is 10.2. The molecule has 5 heteroatoms. The fraction of sp³-hybridized carbons (Fsp3) is 0.167. The molecule has 2 N–H and O–H groups in total. The second kappa shape index (κ2) is 5.45. The van der Waals surface area contributed by atoms with Crippen molar-refractivity contribution in [2.24, 2.45) is 0 Å². The zero-order valence-electron chi connectivity index (χ0n) is 9.43. The van der Waals surface area contributed by atoms with Crippen LogP contribution in [0.3, 0.4) is 0 Å². The summed E-state index contributed by atoms with van der Waals surface area (Å²) in [6.07, 6.45) is 0. The molecular weight excluding hydrogens is 234 g/mol. The lowest BCUT2D eigenvalue weighted by molar-refractivity contribution is 0.251. The lowest BCUT2D eigenvalue weighted by Gasteiger charge is -2.05. The van der Waals surface area contributed by atoms with Gasteiger partial charge in [-0.3, -0.25) is 5.32 Å². The summed E-state index contributed by atoms with van der Waals surface area (Å²) in [6, 6.07) is 9.53. The Labute approximate surface area is 104 Å². The van der Waals surface area contributed by atoms with Crippen LogP contribution in [0.5, 0.6) is 0 Å². The summed E-state index contributed by atoms with van der Waals surface area (Å²) in [7, 11) is 0. The summed E-state index contributed by atoms with van der Waals surface area (Å²) < 4.78 is 0. The standard InChI is InChI=1S/C12H13N3OS/c1-9-8-17-12(14-9)15-11(16)13-7-10-5-3-2-4-6-10/h2-6,8H,7H2,1H3,(H2,13,14,15,16). The molecule has 0 saturated heterocycles. The van der Waals surface area contributed by atoms with Gasteiger partial charge in [-0.1, -0.05) is 30.3 Å². The number of hydrogen-bond acceptors (Lipinski definition) is 3. The van der Waals surface area contributed by atoms with Crippen LogP contribution in [0.4, 0.5) is 9.93 Å². The van der Waals surface area contributed by atoms with Crippen LogP contribution in [-0.2, 0) is 6.54 Å². The van der Waals surface area contributed by atoms with Gasteiger partial charge >= 0.3 is 6.03 Å². The van der Waals surface area contributed by atoms with E-state index in [0.29, 0.717) is 11.7 Å². The van der Waals surface area contributed by atoms with E-state index in [4.69, 9.17) is 0 Å². The first-order valence-corrected chi connectivity index (χ1v) is 6.13. The molecule has 0 atom stereocenters. The van der Waals surface area contributed by atoms with Crippen LogP contribution in [0.2, 0.25) is 0 Å². The van der Waals surface area contributed by atoms with Gasteiger partial charge in [-0.25, -0.2) is 9.78 Å². The van der Waals surface area contributed by atoms with Crippen molar-refractivity contribution in [2.45, 2.75) is 13.5 Å². The summed E-state index contributed by atoms with van der Waals surface area (Å²) in [4.78, 5) is 15.7. The van der Waals surface area contributed by atoms with Crippen molar-refractivity contribution >= 4 is 22.5 Å². The van der Waals surface area contributed by atoms with Gasteiger partial charge in [0.25, 0.3) is 0 Å². The van der Waals surface area contributed by atoms with Crippen LogP contribution in [-0.4, -0.2) is 11.0 Å². The van der Waals surface area contributed by atoms with Gasteiger partial charge in [0.05, 0.1) is 5.69 Å². The number of anilines is 1. The molecule has 0 bridgehead atoms. The maximum atomic E-state index is 11.5. The third kappa shape index (κ3) is 3.57. The van der Waals surface area contributed by atoms with E-state index in [1.807, 2.05) is 42.6 Å². The van der Waals surface area contributed by atoms with Gasteiger partial charge in [0.1, 0.15) is 0 Å². The minimum Gasteiger partial charge on any atom is -0.334 e. The normalized spacial score (nSPS) is 9.94. The first-order chi connectivity index (χ1) is 8.24. The maximum absolute atomic E-state index is 11.5. The molecule has 0 unspecified atom stereocenters. The Bertz CT molecular complexity index is 495. The molecule has 17 heavy (non-hydrogen) atoms. The van der Waals surface area contributed by atoms with Crippen molar-refractivity contribution in [1.29, 1.82) is 0 Å². The molecule has 2 amide bonds. The summed E-state index contributed by atoms with van der Waals surface area (Å²) in [5.41, 5.74) is 1.98. The SMILES string of the molecule is Cc1csc(NC(=O)NCc2ccccc2)n1. The number of carbonyl (C=O) groups is 1. The molecule has 1 aromatic heterocycles. The average molecular weight is 247 g/mol. The van der Waals surface area contributed by atoms with Crippen LogP contribution in [0.1, 0.15) is 11.3 Å². The summed E-state index contributed by atoms with van der Waals surface area (Å²) in [5.74, 6) is 0. The van der Waals surface area contributed by atoms with Gasteiger partial charge in [-0.15, -0.1) is 11.3 Å². The Morgan fingerprint density at radius 2 is 2.12 bits per heavy atom. The second-order valence-corrected chi connectivity index (χ2v) is 4.45. The molecule has 0 aliphatic heterocycles. The number of aromatic nitrogens is 1. The van der Waals surface area contributed by atoms with Gasteiger partial charge < -0.3 is 5.32 Å². The maximum Gasteiger partial charge on any atom is 0.321 e. The molecule has 0 aliphatic rings. The number of thiazole rings is 1. The van der Waals surface area contributed by atoms with E-state index in [0.717, 1.165) is 11.3 Å². The molecule has 2 rings (SSSR count). The first kappa shape index (κ1) is 11.6. The number of nitrogens with zero attached hydrogens (tertiary/aromatic N) is 1. The van der Waals surface area contributed by atoms with Crippen molar-refractivity contribution in [1.82, 2.24) is 10.3 Å². The molecule has 88 valence electrons. The number of carbonyl (C=O) groups excluding carboxylic acids is 1. The van der Waals surface area contributed by atoms with Crippen molar-refractivity contribution < 1.29 is 4.79 Å². The lowest BCUT2D eigenvalue weighted by Crippen LogP contribution is -2.28. The van der Waals surface area contributed by atoms with E-state index in [1.165, 1.54) is 11.3 Å². The first-order valence-electron chi connectivity index (χ1n) is 5.25. The van der Waals surface area contributed by atoms with E-state index in [1.54, 1.807) is 0 Å². The number of nitrogens with one attached hydrogen (secondary N) is 2. The van der Waals surface area contributed by atoms with Crippen molar-refractivity contribution in [3.63, 3.8) is 0 Å². The molecule has 0 aliphatic carbocycles. The van der Waals surface area contributed by atoms with Crippen LogP contribution in [0.25, 0.3) is 0 Å². The molecule has 0 fully saturated rings. The molecule has 4 nitrogen and oxygen atoms in total. The quantitative estimate of drug-likeness (QED) is 0.876. The average Bonchev–Trinajstić information content (AvgIpc) is 2.73. The van der Waals surface area contributed by atoms with Gasteiger partial charge in [0.2, 0.25) is 0 Å². The number of hydrogen-bond donors (Lipinski definition) is 2. The zero-order valence-corrected chi connectivity index (χ0v) is 10.3. The summed E-state index contributed by atoms with van der Waals surface area (Å²) in [5, 5.41) is 7.98. The summed E-state index contributed by atoms with van der Waals surface area (Å²) >= 11 is 1.42. The van der Waals surface area contributed by atoms with Gasteiger partial charge in [-0.05, 0) is 12.5 Å². The van der Waals surface area contributed by atoms with Crippen LogP contribution < -0.4 is 10.6 Å². The van der Waals surface area contributed by atoms with E-state index in [9.17, 15) is 4.79 Å². The third-order valence-electron chi connectivity index (χ3n) is 2.14. The Balaban J connectivity index is 1.82. The molecular formula is C12H13N3OS. The van der Waals surface area contributed by atoms with Crippen molar-refractivity contribution in [3.8, 4) is 0 Å². The van der Waals surface area contributed by atoms with Crippen molar-refractivity contribution in [3.05, 3.63) is 47.0 Å². The van der Waals surface area contributed by atoms with E-state index in [-0.39, 0.29) is 6.03 Å². The highest BCUT2D eigenvalue weighted by Crippen LogP contribution is 2.13. The number of amides is 2. The number of urea groups is 1. The predicted molar refractivity (Wildman–Crippen MR) is 69.2 cm³/mol. The summed E-state index contributed by atoms with van der Waals surface area (Å²) in [6.45, 7) is 2.40. The van der Waals surface area contributed by atoms with Gasteiger partial charge in [0, 0.05) is 11.9 Å². The minimum atomic E-state index is -0.233. The number of benzene rings is 1. The van der Waals surface area contributed by atoms with E-state index < -0.39 is 0 Å². The van der Waals surface area contributed by atoms with E-state index in [2.05, 4.69) is 15.6 Å². The third-order valence-corrected chi connectivity index (χ3v) is 3.01. The zero-order chi connectivity index (χ0) is 12.1. The van der Waals surface area contributed by atoms with E-state index >= 15 is 0 Å². The smallest absolute Gasteiger partial charge is 0.321 e. The molecule has 0 spiro atoms. The molecule has 1 heterocycles. The van der Waals surface area contributed by atoms with Gasteiger partial charge in [0.15, 0.2) is 5.13 Å². The topological polar surface area (TPSA) is 54.0 Å². The molecule has 2 aromatic rings. The predicted octanol–water partition coefficient (Wildman–Crippen LogP) is 2.77. The fourth-order valence-electron chi connectivity index (χ4n) is 1.33. The highest BCUT2D eigenvalue weighted by atomic mass is 32.1. The number of aryl methyl sites for hydroxylation is 1. The highest BCUT2D eigenvalue weighted by molar-refractivity contribution is 7.13. The van der Waals surface area contributed by atoms with Gasteiger partial charge in [-0.2, -0.15) is 0 Å². The largest absolute Gasteiger partial charge is 0.334 e. The Kier molecular flexibility index (Phi) is 3.72. The van der Waals surface area contributed by atoms with Crippen LogP contribution >= 0.6 is 11.3 Å². The monoisotopic (exact) mass is 247 g/mol. The Hall–Kier alpha value is -1.88. The molecule has 0 saturated carbocycles. The Morgan fingerprint density at radius 1 is 1.35 bits per heavy atom. The number of rotatable bonds is 3. The van der Waals surface area contributed by atoms with Crippen molar-refractivity contribution in [2.75, 3.05) is 5.32 Å². The molecule has 0 radical (unpaired) electrons. The minimum absolute atomic E-state index is 0.233. The molecule has 1 aromatic carbocycles. The van der Waals surface area contributed by atoms with Crippen LogP contribution in [0, 0.1) is 6.92 Å². The second-order valence-electron chi connectivity index (χ2n) is 3.59. The highest BCUT2D eigenvalue weighted by Gasteiger charge is 2.04.